The molecule has 4 aromatic rings. The number of hydrogen-bond donors (Lipinski definition) is 3. The van der Waals surface area contributed by atoms with E-state index in [1.165, 1.54) is 0 Å². The molecular formula is C27H29N5O4. The van der Waals surface area contributed by atoms with E-state index < -0.39 is 0 Å². The van der Waals surface area contributed by atoms with Gasteiger partial charge in [-0.1, -0.05) is 30.3 Å². The van der Waals surface area contributed by atoms with E-state index in [1.54, 1.807) is 0 Å². The van der Waals surface area contributed by atoms with Crippen LogP contribution in [0, 0.1) is 0 Å². The van der Waals surface area contributed by atoms with Crippen molar-refractivity contribution in [3.8, 4) is 5.75 Å². The van der Waals surface area contributed by atoms with Gasteiger partial charge in [0, 0.05) is 43.6 Å². The molecule has 3 N–H and O–H groups in total. The Balaban J connectivity index is 1.10. The Kier molecular flexibility index (Phi) is 7.60. The maximum Gasteiger partial charge on any atom is 0.323 e. The van der Waals surface area contributed by atoms with Crippen molar-refractivity contribution in [1.82, 2.24) is 9.88 Å². The number of hydrogen-bond acceptors (Lipinski definition) is 7. The number of ether oxygens (including phenoxy) is 2. The lowest BCUT2D eigenvalue weighted by atomic mass is 10.2. The summed E-state index contributed by atoms with van der Waals surface area (Å²) in [5.74, 6) is 0.762. The number of para-hydroxylation sites is 1. The minimum absolute atomic E-state index is 0.289. The number of urea groups is 1. The van der Waals surface area contributed by atoms with Crippen molar-refractivity contribution in [3.05, 3.63) is 78.4 Å². The molecule has 0 bridgehead atoms. The average Bonchev–Trinajstić information content (AvgIpc) is 3.32. The fourth-order valence-corrected chi connectivity index (χ4v) is 3.89. The third kappa shape index (κ3) is 6.53. The smallest absolute Gasteiger partial charge is 0.323 e. The zero-order chi connectivity index (χ0) is 24.6. The first kappa shape index (κ1) is 23.7. The minimum Gasteiger partial charge on any atom is -0.492 e. The molecule has 0 radical (unpaired) electrons. The standard InChI is InChI=1S/C27H29N5O4/c33-26(29-21-4-2-1-3-5-21)30-22-8-6-20(7-9-22)19-28-27-31-24-11-10-23(18-25(24)36-27)35-17-14-32-12-15-34-16-13-32/h1-11,18H,12-17,19H2,(H,28,31)(H2,29,30,33). The minimum atomic E-state index is -0.289. The van der Waals surface area contributed by atoms with E-state index in [9.17, 15) is 4.79 Å². The van der Waals surface area contributed by atoms with E-state index in [4.69, 9.17) is 13.9 Å². The normalized spacial score (nSPS) is 13.9. The third-order valence-corrected chi connectivity index (χ3v) is 5.83. The summed E-state index contributed by atoms with van der Waals surface area (Å²) in [7, 11) is 0. The molecule has 0 unspecified atom stereocenters. The van der Waals surface area contributed by atoms with Crippen molar-refractivity contribution in [2.75, 3.05) is 55.4 Å². The molecule has 0 aliphatic carbocycles. The quantitative estimate of drug-likeness (QED) is 0.312. The predicted octanol–water partition coefficient (Wildman–Crippen LogP) is 4.79. The summed E-state index contributed by atoms with van der Waals surface area (Å²) in [6.07, 6.45) is 0. The highest BCUT2D eigenvalue weighted by atomic mass is 16.5. The van der Waals surface area contributed by atoms with Crippen molar-refractivity contribution >= 4 is 34.5 Å². The Morgan fingerprint density at radius 3 is 2.47 bits per heavy atom. The highest BCUT2D eigenvalue weighted by Gasteiger charge is 2.11. The molecule has 2 amide bonds. The van der Waals surface area contributed by atoms with Crippen molar-refractivity contribution in [2.45, 2.75) is 6.54 Å². The van der Waals surface area contributed by atoms with Gasteiger partial charge in [0.05, 0.1) is 13.2 Å². The molecule has 186 valence electrons. The van der Waals surface area contributed by atoms with E-state index in [-0.39, 0.29) is 6.03 Å². The number of carbonyl (C=O) groups excluding carboxylic acids is 1. The van der Waals surface area contributed by atoms with Crippen LogP contribution in [0.4, 0.5) is 22.2 Å². The summed E-state index contributed by atoms with van der Waals surface area (Å²) < 4.78 is 17.1. The monoisotopic (exact) mass is 487 g/mol. The van der Waals surface area contributed by atoms with E-state index in [0.717, 1.165) is 55.4 Å². The molecule has 1 aromatic heterocycles. The number of nitrogens with zero attached hydrogens (tertiary/aromatic N) is 2. The lowest BCUT2D eigenvalue weighted by Crippen LogP contribution is -2.38. The first-order valence-corrected chi connectivity index (χ1v) is 12.0. The highest BCUT2D eigenvalue weighted by Crippen LogP contribution is 2.24. The van der Waals surface area contributed by atoms with Crippen LogP contribution in [0.15, 0.2) is 77.2 Å². The molecule has 2 heterocycles. The number of anilines is 3. The van der Waals surface area contributed by atoms with Gasteiger partial charge in [-0.3, -0.25) is 4.90 Å². The zero-order valence-corrected chi connectivity index (χ0v) is 19.9. The van der Waals surface area contributed by atoms with Crippen LogP contribution in [-0.2, 0) is 11.3 Å². The van der Waals surface area contributed by atoms with Crippen molar-refractivity contribution in [2.24, 2.45) is 0 Å². The molecule has 1 saturated heterocycles. The first-order chi connectivity index (χ1) is 17.7. The molecule has 1 fully saturated rings. The van der Waals surface area contributed by atoms with E-state index in [1.807, 2.05) is 72.8 Å². The zero-order valence-electron chi connectivity index (χ0n) is 19.9. The van der Waals surface area contributed by atoms with Gasteiger partial charge < -0.3 is 29.8 Å². The highest BCUT2D eigenvalue weighted by molar-refractivity contribution is 5.99. The predicted molar refractivity (Wildman–Crippen MR) is 140 cm³/mol. The number of aromatic nitrogens is 1. The van der Waals surface area contributed by atoms with Gasteiger partial charge in [0.2, 0.25) is 0 Å². The Labute approximate surface area is 209 Å². The third-order valence-electron chi connectivity index (χ3n) is 5.83. The fraction of sp³-hybridized carbons (Fsp3) is 0.259. The van der Waals surface area contributed by atoms with Gasteiger partial charge in [0.15, 0.2) is 5.58 Å². The van der Waals surface area contributed by atoms with E-state index in [2.05, 4.69) is 25.8 Å². The Morgan fingerprint density at radius 2 is 1.69 bits per heavy atom. The molecule has 0 spiro atoms. The molecule has 5 rings (SSSR count). The molecule has 3 aromatic carbocycles. The summed E-state index contributed by atoms with van der Waals surface area (Å²) >= 11 is 0. The fourth-order valence-electron chi connectivity index (χ4n) is 3.89. The Morgan fingerprint density at radius 1 is 0.944 bits per heavy atom. The molecule has 9 nitrogen and oxygen atoms in total. The molecule has 9 heteroatoms. The molecule has 0 atom stereocenters. The van der Waals surface area contributed by atoms with Gasteiger partial charge in [-0.2, -0.15) is 4.98 Å². The van der Waals surface area contributed by atoms with E-state index >= 15 is 0 Å². The molecule has 0 saturated carbocycles. The average molecular weight is 488 g/mol. The lowest BCUT2D eigenvalue weighted by molar-refractivity contribution is 0.0322. The number of morpholine rings is 1. The summed E-state index contributed by atoms with van der Waals surface area (Å²) in [6.45, 7) is 5.48. The van der Waals surface area contributed by atoms with Crippen molar-refractivity contribution in [3.63, 3.8) is 0 Å². The van der Waals surface area contributed by atoms with Gasteiger partial charge in [0.25, 0.3) is 6.01 Å². The number of oxazole rings is 1. The number of carbonyl (C=O) groups is 1. The lowest BCUT2D eigenvalue weighted by Gasteiger charge is -2.26. The second-order valence-corrected chi connectivity index (χ2v) is 8.45. The maximum absolute atomic E-state index is 12.1. The Bertz CT molecular complexity index is 1270. The number of benzene rings is 3. The van der Waals surface area contributed by atoms with Crippen LogP contribution in [0.25, 0.3) is 11.1 Å². The number of fused-ring (bicyclic) bond motifs is 1. The molecular weight excluding hydrogens is 458 g/mol. The van der Waals surface area contributed by atoms with Crippen LogP contribution < -0.4 is 20.7 Å². The molecule has 36 heavy (non-hydrogen) atoms. The van der Waals surface area contributed by atoms with Gasteiger partial charge in [0.1, 0.15) is 17.9 Å². The van der Waals surface area contributed by atoms with Crippen LogP contribution in [-0.4, -0.2) is 55.4 Å². The molecule has 1 aliphatic heterocycles. The van der Waals surface area contributed by atoms with Crippen LogP contribution in [0.1, 0.15) is 5.56 Å². The first-order valence-electron chi connectivity index (χ1n) is 12.0. The van der Waals surface area contributed by atoms with Crippen molar-refractivity contribution in [1.29, 1.82) is 0 Å². The summed E-state index contributed by atoms with van der Waals surface area (Å²) in [5, 5.41) is 8.83. The number of nitrogens with one attached hydrogen (secondary N) is 3. The summed E-state index contributed by atoms with van der Waals surface area (Å²) in [4.78, 5) is 19.0. The molecule has 1 aliphatic rings. The van der Waals surface area contributed by atoms with Crippen molar-refractivity contribution < 1.29 is 18.7 Å². The second-order valence-electron chi connectivity index (χ2n) is 8.45. The largest absolute Gasteiger partial charge is 0.492 e. The van der Waals surface area contributed by atoms with Crippen LogP contribution in [0.3, 0.4) is 0 Å². The van der Waals surface area contributed by atoms with Crippen LogP contribution >= 0.6 is 0 Å². The Hall–Kier alpha value is -4.08. The second kappa shape index (κ2) is 11.6. The van der Waals surface area contributed by atoms with Gasteiger partial charge in [-0.05, 0) is 42.0 Å². The van der Waals surface area contributed by atoms with Gasteiger partial charge in [-0.15, -0.1) is 0 Å². The van der Waals surface area contributed by atoms with Gasteiger partial charge in [-0.25, -0.2) is 4.79 Å². The summed E-state index contributed by atoms with van der Waals surface area (Å²) in [5.41, 5.74) is 3.90. The summed E-state index contributed by atoms with van der Waals surface area (Å²) in [6, 6.07) is 22.7. The van der Waals surface area contributed by atoms with Gasteiger partial charge >= 0.3 is 6.03 Å². The SMILES string of the molecule is O=C(Nc1ccccc1)Nc1ccc(CNc2nc3ccc(OCCN4CCOCC4)cc3o2)cc1. The van der Waals surface area contributed by atoms with E-state index in [0.29, 0.717) is 30.4 Å². The number of rotatable bonds is 9. The number of amides is 2. The van der Waals surface area contributed by atoms with Crippen LogP contribution in [0.2, 0.25) is 0 Å². The maximum atomic E-state index is 12.1. The topological polar surface area (TPSA) is 101 Å². The van der Waals surface area contributed by atoms with Crippen LogP contribution in [0.5, 0.6) is 5.75 Å².